The second-order valence-corrected chi connectivity index (χ2v) is 6.71. The van der Waals surface area contributed by atoms with Crippen LogP contribution in [-0.2, 0) is 0 Å². The predicted molar refractivity (Wildman–Crippen MR) is 104 cm³/mol. The van der Waals surface area contributed by atoms with Crippen molar-refractivity contribution in [3.63, 3.8) is 0 Å². The number of carbonyl (C=O) groups excluding carboxylic acids is 1. The fourth-order valence-electron chi connectivity index (χ4n) is 3.25. The topological polar surface area (TPSA) is 64.2 Å². The highest BCUT2D eigenvalue weighted by atomic mass is 16.1. The summed E-state index contributed by atoms with van der Waals surface area (Å²) in [5, 5.41) is 7.36. The van der Waals surface area contributed by atoms with E-state index in [0.717, 1.165) is 22.6 Å². The third-order valence-electron chi connectivity index (χ3n) is 4.64. The summed E-state index contributed by atoms with van der Waals surface area (Å²) in [5.74, 6) is -0.179. The van der Waals surface area contributed by atoms with Gasteiger partial charge in [0.2, 0.25) is 0 Å². The zero-order chi connectivity index (χ0) is 19.0. The maximum absolute atomic E-state index is 12.8. The largest absolute Gasteiger partial charge is 0.345 e. The molecule has 4 rings (SSSR count). The van der Waals surface area contributed by atoms with Crippen LogP contribution in [0, 0.1) is 13.8 Å². The molecule has 0 spiro atoms. The highest BCUT2D eigenvalue weighted by Crippen LogP contribution is 2.19. The molecule has 4 aromatic rings. The van der Waals surface area contributed by atoms with E-state index in [2.05, 4.69) is 21.5 Å². The monoisotopic (exact) mass is 359 g/mol. The molecule has 0 saturated carbocycles. The number of fused-ring (bicyclic) bond motifs is 1. The van der Waals surface area contributed by atoms with Gasteiger partial charge in [0.25, 0.3) is 5.91 Å². The first-order valence-electron chi connectivity index (χ1n) is 8.89. The van der Waals surface area contributed by atoms with Crippen LogP contribution in [0.2, 0.25) is 0 Å². The van der Waals surface area contributed by atoms with Crippen LogP contribution in [0.15, 0.2) is 61.1 Å². The van der Waals surface area contributed by atoms with Crippen molar-refractivity contribution in [2.45, 2.75) is 26.8 Å². The second kappa shape index (κ2) is 6.72. The summed E-state index contributed by atoms with van der Waals surface area (Å²) in [6.45, 7) is 5.84. The van der Waals surface area contributed by atoms with Gasteiger partial charge in [-0.15, -0.1) is 0 Å². The standard InChI is InChI=1S/C21H21N5O/c1-14-11-15(2)26-20(23-14)19(13-22-26)21(27)24-16(3)17-7-6-8-18(12-17)25-9-4-5-10-25/h4-13,16H,1-3H3,(H,24,27). The molecule has 0 aliphatic carbocycles. The molecule has 0 radical (unpaired) electrons. The molecule has 0 aliphatic heterocycles. The van der Waals surface area contributed by atoms with Crippen molar-refractivity contribution in [2.24, 2.45) is 0 Å². The van der Waals surface area contributed by atoms with Gasteiger partial charge in [0.1, 0.15) is 5.56 Å². The number of aromatic nitrogens is 4. The van der Waals surface area contributed by atoms with Gasteiger partial charge in [0.15, 0.2) is 5.65 Å². The van der Waals surface area contributed by atoms with Crippen LogP contribution in [0.25, 0.3) is 11.3 Å². The number of carbonyl (C=O) groups is 1. The molecular weight excluding hydrogens is 338 g/mol. The summed E-state index contributed by atoms with van der Waals surface area (Å²) in [7, 11) is 0. The van der Waals surface area contributed by atoms with Crippen LogP contribution in [0.3, 0.4) is 0 Å². The Bertz CT molecular complexity index is 1110. The van der Waals surface area contributed by atoms with Crippen molar-refractivity contribution in [1.29, 1.82) is 0 Å². The number of nitrogens with one attached hydrogen (secondary N) is 1. The smallest absolute Gasteiger partial charge is 0.257 e. The van der Waals surface area contributed by atoms with Crippen molar-refractivity contribution in [1.82, 2.24) is 24.5 Å². The average molecular weight is 359 g/mol. The van der Waals surface area contributed by atoms with E-state index < -0.39 is 0 Å². The third-order valence-corrected chi connectivity index (χ3v) is 4.64. The first kappa shape index (κ1) is 17.0. The van der Waals surface area contributed by atoms with Crippen molar-refractivity contribution in [3.05, 3.63) is 83.6 Å². The van der Waals surface area contributed by atoms with Gasteiger partial charge in [-0.05, 0) is 56.7 Å². The molecule has 3 heterocycles. The Morgan fingerprint density at radius 3 is 2.67 bits per heavy atom. The van der Waals surface area contributed by atoms with Gasteiger partial charge in [0.05, 0.1) is 12.2 Å². The number of hydrogen-bond acceptors (Lipinski definition) is 3. The number of nitrogens with zero attached hydrogens (tertiary/aromatic N) is 4. The Morgan fingerprint density at radius 1 is 1.11 bits per heavy atom. The summed E-state index contributed by atoms with van der Waals surface area (Å²) in [6, 6.07) is 13.9. The quantitative estimate of drug-likeness (QED) is 0.605. The zero-order valence-corrected chi connectivity index (χ0v) is 15.5. The van der Waals surface area contributed by atoms with Crippen LogP contribution >= 0.6 is 0 Å². The summed E-state index contributed by atoms with van der Waals surface area (Å²) in [4.78, 5) is 17.3. The maximum atomic E-state index is 12.8. The lowest BCUT2D eigenvalue weighted by Gasteiger charge is -2.15. The van der Waals surface area contributed by atoms with Gasteiger partial charge in [-0.25, -0.2) is 9.50 Å². The third kappa shape index (κ3) is 3.21. The highest BCUT2D eigenvalue weighted by Gasteiger charge is 2.18. The summed E-state index contributed by atoms with van der Waals surface area (Å²) in [6.07, 6.45) is 5.57. The Hall–Kier alpha value is -3.41. The van der Waals surface area contributed by atoms with Crippen molar-refractivity contribution >= 4 is 11.6 Å². The number of benzene rings is 1. The van der Waals surface area contributed by atoms with E-state index in [0.29, 0.717) is 11.2 Å². The van der Waals surface area contributed by atoms with Crippen LogP contribution < -0.4 is 5.32 Å². The second-order valence-electron chi connectivity index (χ2n) is 6.71. The van der Waals surface area contributed by atoms with E-state index in [1.54, 1.807) is 10.7 Å². The van der Waals surface area contributed by atoms with E-state index in [1.165, 1.54) is 0 Å². The van der Waals surface area contributed by atoms with Gasteiger partial charge in [-0.3, -0.25) is 4.79 Å². The minimum absolute atomic E-state index is 0.145. The Morgan fingerprint density at radius 2 is 1.89 bits per heavy atom. The molecule has 3 aromatic heterocycles. The number of amides is 1. The number of hydrogen-bond donors (Lipinski definition) is 1. The normalized spacial score (nSPS) is 12.3. The van der Waals surface area contributed by atoms with E-state index in [-0.39, 0.29) is 11.9 Å². The number of rotatable bonds is 4. The van der Waals surface area contributed by atoms with Crippen molar-refractivity contribution in [3.8, 4) is 5.69 Å². The lowest BCUT2D eigenvalue weighted by Crippen LogP contribution is -2.26. The fraction of sp³-hybridized carbons (Fsp3) is 0.190. The van der Waals surface area contributed by atoms with Gasteiger partial charge >= 0.3 is 0 Å². The predicted octanol–water partition coefficient (Wildman–Crippen LogP) is 3.63. The molecule has 1 unspecified atom stereocenters. The lowest BCUT2D eigenvalue weighted by atomic mass is 10.1. The molecule has 0 fully saturated rings. The lowest BCUT2D eigenvalue weighted by molar-refractivity contribution is 0.0941. The summed E-state index contributed by atoms with van der Waals surface area (Å²) < 4.78 is 3.73. The summed E-state index contributed by atoms with van der Waals surface area (Å²) in [5.41, 5.74) is 4.97. The molecule has 6 heteroatoms. The van der Waals surface area contributed by atoms with Gasteiger partial charge < -0.3 is 9.88 Å². The summed E-state index contributed by atoms with van der Waals surface area (Å²) >= 11 is 0. The molecule has 1 atom stereocenters. The Balaban J connectivity index is 1.59. The van der Waals surface area contributed by atoms with E-state index in [1.807, 2.05) is 74.1 Å². The van der Waals surface area contributed by atoms with Crippen molar-refractivity contribution < 1.29 is 4.79 Å². The van der Waals surface area contributed by atoms with Gasteiger partial charge in [-0.2, -0.15) is 5.10 Å². The SMILES string of the molecule is Cc1cc(C)n2ncc(C(=O)NC(C)c3cccc(-n4cccc4)c3)c2n1. The molecule has 0 aliphatic rings. The van der Waals surface area contributed by atoms with Crippen LogP contribution in [-0.4, -0.2) is 25.1 Å². The average Bonchev–Trinajstić information content (AvgIpc) is 3.31. The minimum Gasteiger partial charge on any atom is -0.345 e. The first-order chi connectivity index (χ1) is 13.0. The highest BCUT2D eigenvalue weighted by molar-refractivity contribution is 5.99. The van der Waals surface area contributed by atoms with E-state index in [9.17, 15) is 4.79 Å². The maximum Gasteiger partial charge on any atom is 0.257 e. The number of aryl methyl sites for hydroxylation is 2. The molecule has 1 aromatic carbocycles. The Labute approximate surface area is 157 Å². The van der Waals surface area contributed by atoms with Gasteiger partial charge in [0, 0.05) is 29.5 Å². The fourth-order valence-corrected chi connectivity index (χ4v) is 3.25. The molecule has 27 heavy (non-hydrogen) atoms. The molecule has 0 bridgehead atoms. The van der Waals surface area contributed by atoms with E-state index >= 15 is 0 Å². The van der Waals surface area contributed by atoms with Gasteiger partial charge in [-0.1, -0.05) is 12.1 Å². The van der Waals surface area contributed by atoms with Crippen molar-refractivity contribution in [2.75, 3.05) is 0 Å². The molecule has 6 nitrogen and oxygen atoms in total. The zero-order valence-electron chi connectivity index (χ0n) is 15.5. The molecule has 1 amide bonds. The molecule has 136 valence electrons. The first-order valence-corrected chi connectivity index (χ1v) is 8.89. The van der Waals surface area contributed by atoms with Crippen LogP contribution in [0.1, 0.15) is 40.3 Å². The minimum atomic E-state index is -0.179. The molecule has 0 saturated heterocycles. The van der Waals surface area contributed by atoms with E-state index in [4.69, 9.17) is 0 Å². The molecular formula is C21H21N5O. The van der Waals surface area contributed by atoms with Crippen LogP contribution in [0.5, 0.6) is 0 Å². The Kier molecular flexibility index (Phi) is 4.24. The molecule has 1 N–H and O–H groups in total. The van der Waals surface area contributed by atoms with Crippen LogP contribution in [0.4, 0.5) is 0 Å².